The van der Waals surface area contributed by atoms with Crippen LogP contribution in [0.15, 0.2) is 12.1 Å². The predicted molar refractivity (Wildman–Crippen MR) is 61.2 cm³/mol. The minimum Gasteiger partial charge on any atom is -0.345 e. The van der Waals surface area contributed by atoms with E-state index in [1.54, 1.807) is 0 Å². The highest BCUT2D eigenvalue weighted by atomic mass is 35.5. The second kappa shape index (κ2) is 4.26. The van der Waals surface area contributed by atoms with Gasteiger partial charge in [-0.25, -0.2) is 8.78 Å². The molecule has 1 aromatic carbocycles. The maximum Gasteiger partial charge on any atom is 0.254 e. The fourth-order valence-corrected chi connectivity index (χ4v) is 1.92. The predicted octanol–water partition coefficient (Wildman–Crippen LogP) is 2.77. The molecule has 0 spiro atoms. The van der Waals surface area contributed by atoms with E-state index in [9.17, 15) is 13.6 Å². The van der Waals surface area contributed by atoms with Gasteiger partial charge < -0.3 is 5.32 Å². The molecule has 1 amide bonds. The van der Waals surface area contributed by atoms with Gasteiger partial charge in [-0.15, -0.1) is 11.6 Å². The lowest BCUT2D eigenvalue weighted by Crippen LogP contribution is -2.38. The summed E-state index contributed by atoms with van der Waals surface area (Å²) in [6.45, 7) is 1.49. The van der Waals surface area contributed by atoms with Crippen molar-refractivity contribution >= 4 is 17.5 Å². The first-order valence-electron chi connectivity index (χ1n) is 5.31. The lowest BCUT2D eigenvalue weighted by molar-refractivity contribution is 0.0931. The summed E-state index contributed by atoms with van der Waals surface area (Å²) in [5.41, 5.74) is -0.291. The van der Waals surface area contributed by atoms with Crippen molar-refractivity contribution in [2.75, 3.05) is 5.88 Å². The number of hydrogen-bond donors (Lipinski definition) is 1. The average Bonchev–Trinajstić information content (AvgIpc) is 3.04. The Balaban J connectivity index is 2.22. The number of carbonyl (C=O) groups is 1. The van der Waals surface area contributed by atoms with E-state index in [0.717, 1.165) is 18.9 Å². The van der Waals surface area contributed by atoms with E-state index in [1.165, 1.54) is 13.0 Å². The van der Waals surface area contributed by atoms with E-state index in [4.69, 9.17) is 11.6 Å². The van der Waals surface area contributed by atoms with Gasteiger partial charge in [0.15, 0.2) is 0 Å². The van der Waals surface area contributed by atoms with Crippen LogP contribution in [0.5, 0.6) is 0 Å². The van der Waals surface area contributed by atoms with Crippen molar-refractivity contribution in [1.82, 2.24) is 5.32 Å². The summed E-state index contributed by atoms with van der Waals surface area (Å²) < 4.78 is 26.5. The Labute approximate surface area is 103 Å². The molecule has 1 N–H and O–H groups in total. The van der Waals surface area contributed by atoms with Crippen LogP contribution < -0.4 is 5.32 Å². The maximum atomic E-state index is 13.4. The summed E-state index contributed by atoms with van der Waals surface area (Å²) in [5, 5.41) is 2.69. The monoisotopic (exact) mass is 259 g/mol. The smallest absolute Gasteiger partial charge is 0.254 e. The quantitative estimate of drug-likeness (QED) is 0.831. The highest BCUT2D eigenvalue weighted by molar-refractivity contribution is 6.19. The molecule has 17 heavy (non-hydrogen) atoms. The number of hydrogen-bond acceptors (Lipinski definition) is 1. The average molecular weight is 260 g/mol. The lowest BCUT2D eigenvalue weighted by Gasteiger charge is -2.14. The summed E-state index contributed by atoms with van der Waals surface area (Å²) in [7, 11) is 0. The van der Waals surface area contributed by atoms with Crippen LogP contribution in [0.2, 0.25) is 0 Å². The van der Waals surface area contributed by atoms with Gasteiger partial charge in [-0.3, -0.25) is 4.79 Å². The van der Waals surface area contributed by atoms with Crippen molar-refractivity contribution in [1.29, 1.82) is 0 Å². The second-order valence-corrected chi connectivity index (χ2v) is 4.72. The SMILES string of the molecule is Cc1cc(C(=O)NC2(CCl)CC2)c(F)cc1F. The normalized spacial score (nSPS) is 16.7. The van der Waals surface area contributed by atoms with Gasteiger partial charge in [0.2, 0.25) is 0 Å². The Bertz CT molecular complexity index is 472. The molecule has 0 atom stereocenters. The summed E-state index contributed by atoms with van der Waals surface area (Å²) in [4.78, 5) is 11.8. The van der Waals surface area contributed by atoms with E-state index in [2.05, 4.69) is 5.32 Å². The molecular formula is C12H12ClF2NO. The number of aryl methyl sites for hydroxylation is 1. The number of benzene rings is 1. The van der Waals surface area contributed by atoms with E-state index >= 15 is 0 Å². The molecule has 0 unspecified atom stereocenters. The van der Waals surface area contributed by atoms with Crippen molar-refractivity contribution in [2.24, 2.45) is 0 Å². The molecule has 1 fully saturated rings. The van der Waals surface area contributed by atoms with E-state index in [-0.39, 0.29) is 11.1 Å². The van der Waals surface area contributed by atoms with Gasteiger partial charge in [-0.2, -0.15) is 0 Å². The molecule has 0 heterocycles. The van der Waals surface area contributed by atoms with Gasteiger partial charge in [0.05, 0.1) is 11.1 Å². The first kappa shape index (κ1) is 12.3. The zero-order chi connectivity index (χ0) is 12.6. The van der Waals surface area contributed by atoms with Gasteiger partial charge in [-0.05, 0) is 31.4 Å². The highest BCUT2D eigenvalue weighted by Crippen LogP contribution is 2.36. The van der Waals surface area contributed by atoms with Crippen LogP contribution in [0.3, 0.4) is 0 Å². The van der Waals surface area contributed by atoms with Crippen molar-refractivity contribution in [2.45, 2.75) is 25.3 Å². The molecule has 2 nitrogen and oxygen atoms in total. The number of halogens is 3. The van der Waals surface area contributed by atoms with Gasteiger partial charge in [0.25, 0.3) is 5.91 Å². The van der Waals surface area contributed by atoms with Crippen LogP contribution >= 0.6 is 11.6 Å². The molecule has 92 valence electrons. The third kappa shape index (κ3) is 2.41. The van der Waals surface area contributed by atoms with E-state index in [0.29, 0.717) is 5.88 Å². The maximum absolute atomic E-state index is 13.4. The summed E-state index contributed by atoms with van der Waals surface area (Å²) in [6.07, 6.45) is 1.59. The number of carbonyl (C=O) groups excluding carboxylic acids is 1. The standard InChI is InChI=1S/C12H12ClF2NO/c1-7-4-8(10(15)5-9(7)14)11(17)16-12(6-13)2-3-12/h4-5H,2-3,6H2,1H3,(H,16,17). The molecule has 0 aliphatic heterocycles. The highest BCUT2D eigenvalue weighted by Gasteiger charge is 2.43. The zero-order valence-electron chi connectivity index (χ0n) is 9.32. The molecular weight excluding hydrogens is 248 g/mol. The molecule has 1 aliphatic carbocycles. The van der Waals surface area contributed by atoms with Crippen molar-refractivity contribution < 1.29 is 13.6 Å². The first-order valence-corrected chi connectivity index (χ1v) is 5.85. The minimum absolute atomic E-state index is 0.139. The largest absolute Gasteiger partial charge is 0.345 e. The van der Waals surface area contributed by atoms with Crippen LogP contribution in [-0.4, -0.2) is 17.3 Å². The van der Waals surface area contributed by atoms with E-state index < -0.39 is 23.1 Å². The Morgan fingerprint density at radius 2 is 2.06 bits per heavy atom. The van der Waals surface area contributed by atoms with Gasteiger partial charge >= 0.3 is 0 Å². The second-order valence-electron chi connectivity index (χ2n) is 4.45. The third-order valence-corrected chi connectivity index (χ3v) is 3.49. The molecule has 1 aliphatic rings. The Hall–Kier alpha value is -1.16. The first-order chi connectivity index (χ1) is 7.97. The van der Waals surface area contributed by atoms with Crippen molar-refractivity contribution in [3.8, 4) is 0 Å². The zero-order valence-corrected chi connectivity index (χ0v) is 10.1. The number of rotatable bonds is 3. The van der Waals surface area contributed by atoms with Gasteiger partial charge in [-0.1, -0.05) is 0 Å². The molecule has 0 saturated heterocycles. The molecule has 1 aromatic rings. The molecule has 1 saturated carbocycles. The number of nitrogens with one attached hydrogen (secondary N) is 1. The Morgan fingerprint density at radius 1 is 1.41 bits per heavy atom. The number of amides is 1. The summed E-state index contributed by atoms with van der Waals surface area (Å²) >= 11 is 5.72. The molecule has 0 bridgehead atoms. The molecule has 0 radical (unpaired) electrons. The summed E-state index contributed by atoms with van der Waals surface area (Å²) in [5.74, 6) is -1.74. The van der Waals surface area contributed by atoms with Crippen LogP contribution in [0.25, 0.3) is 0 Å². The lowest BCUT2D eigenvalue weighted by atomic mass is 10.1. The van der Waals surface area contributed by atoms with Gasteiger partial charge in [0.1, 0.15) is 11.6 Å². The number of alkyl halides is 1. The minimum atomic E-state index is -0.851. The fourth-order valence-electron chi connectivity index (χ4n) is 1.58. The molecule has 2 rings (SSSR count). The Morgan fingerprint density at radius 3 is 2.59 bits per heavy atom. The van der Waals surface area contributed by atoms with Crippen molar-refractivity contribution in [3.63, 3.8) is 0 Å². The topological polar surface area (TPSA) is 29.1 Å². The van der Waals surface area contributed by atoms with Crippen LogP contribution in [0, 0.1) is 18.6 Å². The van der Waals surface area contributed by atoms with Crippen molar-refractivity contribution in [3.05, 3.63) is 34.9 Å². The van der Waals surface area contributed by atoms with Crippen LogP contribution in [0.1, 0.15) is 28.8 Å². The molecule has 5 heteroatoms. The molecule has 0 aromatic heterocycles. The van der Waals surface area contributed by atoms with Crippen LogP contribution in [-0.2, 0) is 0 Å². The van der Waals surface area contributed by atoms with Gasteiger partial charge in [0, 0.05) is 11.9 Å². The third-order valence-electron chi connectivity index (χ3n) is 2.98. The van der Waals surface area contributed by atoms with Crippen LogP contribution in [0.4, 0.5) is 8.78 Å². The summed E-state index contributed by atoms with van der Waals surface area (Å²) in [6, 6.07) is 1.94. The fraction of sp³-hybridized carbons (Fsp3) is 0.417. The Kier molecular flexibility index (Phi) is 3.08. The van der Waals surface area contributed by atoms with E-state index in [1.807, 2.05) is 0 Å².